The largest absolute Gasteiger partial charge is 0.481 e. The van der Waals surface area contributed by atoms with Crippen molar-refractivity contribution in [2.75, 3.05) is 0 Å². The van der Waals surface area contributed by atoms with Gasteiger partial charge in [-0.2, -0.15) is 0 Å². The summed E-state index contributed by atoms with van der Waals surface area (Å²) in [5, 5.41) is 21.8. The molecule has 5 nitrogen and oxygen atoms in total. The molecule has 7 heteroatoms. The van der Waals surface area contributed by atoms with Gasteiger partial charge in [-0.3, -0.25) is 9.59 Å². The minimum Gasteiger partial charge on any atom is -0.481 e. The van der Waals surface area contributed by atoms with Crippen LogP contribution < -0.4 is 0 Å². The fourth-order valence-electron chi connectivity index (χ4n) is 5.51. The molecule has 0 spiro atoms. The third-order valence-corrected chi connectivity index (χ3v) is 8.09. The summed E-state index contributed by atoms with van der Waals surface area (Å²) in [6, 6.07) is 14.3. The molecule has 1 aliphatic rings. The van der Waals surface area contributed by atoms with E-state index < -0.39 is 17.0 Å². The molecular weight excluding hydrogens is 485 g/mol. The van der Waals surface area contributed by atoms with Gasteiger partial charge in [0.15, 0.2) is 0 Å². The van der Waals surface area contributed by atoms with Crippen molar-refractivity contribution in [3.8, 4) is 0 Å². The van der Waals surface area contributed by atoms with E-state index in [0.29, 0.717) is 22.9 Å². The summed E-state index contributed by atoms with van der Waals surface area (Å²) in [6.07, 6.45) is 0.683. The summed E-state index contributed by atoms with van der Waals surface area (Å²) >= 11 is 12.6. The Bertz CT molecular complexity index is 1070. The highest BCUT2D eigenvalue weighted by molar-refractivity contribution is 6.30. The number of carboxylic acid groups (broad SMARTS) is 1. The third kappa shape index (κ3) is 5.84. The number of likely N-dealkylation sites (tertiary alicyclic amines) is 1. The third-order valence-electron chi connectivity index (χ3n) is 7.60. The molecule has 0 radical (unpaired) electrons. The van der Waals surface area contributed by atoms with E-state index in [2.05, 4.69) is 0 Å². The fourth-order valence-corrected chi connectivity index (χ4v) is 5.83. The van der Waals surface area contributed by atoms with Crippen molar-refractivity contribution in [3.05, 3.63) is 69.7 Å². The van der Waals surface area contributed by atoms with Gasteiger partial charge in [0, 0.05) is 27.9 Å². The van der Waals surface area contributed by atoms with E-state index >= 15 is 0 Å². The summed E-state index contributed by atoms with van der Waals surface area (Å²) in [5.41, 5.74) is -0.310. The summed E-state index contributed by atoms with van der Waals surface area (Å²) in [4.78, 5) is 28.0. The second kappa shape index (κ2) is 10.5. The van der Waals surface area contributed by atoms with Crippen LogP contribution in [0.1, 0.15) is 77.0 Å². The highest BCUT2D eigenvalue weighted by Gasteiger charge is 2.53. The minimum absolute atomic E-state index is 0.207. The molecule has 0 aromatic heterocycles. The Morgan fingerprint density at radius 1 is 1.14 bits per heavy atom. The molecule has 3 rings (SSSR count). The van der Waals surface area contributed by atoms with Gasteiger partial charge in [0.2, 0.25) is 5.91 Å². The normalized spacial score (nSPS) is 24.8. The van der Waals surface area contributed by atoms with Crippen molar-refractivity contribution in [3.63, 3.8) is 0 Å². The molecule has 2 aromatic carbocycles. The highest BCUT2D eigenvalue weighted by Crippen LogP contribution is 2.53. The predicted octanol–water partition coefficient (Wildman–Crippen LogP) is 6.72. The number of carbonyl (C=O) groups excluding carboxylic acids is 1. The first-order chi connectivity index (χ1) is 16.3. The zero-order valence-electron chi connectivity index (χ0n) is 21.0. The molecule has 2 aromatic rings. The number of nitrogens with zero attached hydrogens (tertiary/aromatic N) is 1. The van der Waals surface area contributed by atoms with Gasteiger partial charge in [-0.1, -0.05) is 68.2 Å². The molecule has 1 heterocycles. The molecule has 1 aliphatic heterocycles. The monoisotopic (exact) mass is 519 g/mol. The Hall–Kier alpha value is -2.08. The molecular formula is C28H35Cl2NO4. The number of hydrogen-bond acceptors (Lipinski definition) is 3. The number of rotatable bonds is 8. The standard InChI is InChI=1S/C28H35Cl2NO4/c1-6-23(17(2)27(3,4)35)31-25(18-10-12-20(29)13-11-18)22(19-8-7-9-21(30)14-19)15-28(5,26(31)34)16-24(32)33/h7-14,17,22-23,25,35H,6,15-16H2,1-5H3,(H,32,33)/t17-,22?,23?,25-,28-/m1/s1. The first kappa shape index (κ1) is 27.5. The second-order valence-electron chi connectivity index (χ2n) is 10.6. The molecule has 2 unspecified atom stereocenters. The summed E-state index contributed by atoms with van der Waals surface area (Å²) in [6.45, 7) is 9.18. The molecule has 1 saturated heterocycles. The molecule has 5 atom stereocenters. The number of piperidine rings is 1. The van der Waals surface area contributed by atoms with E-state index in [0.717, 1.165) is 11.1 Å². The lowest BCUT2D eigenvalue weighted by molar-refractivity contribution is -0.164. The van der Waals surface area contributed by atoms with Crippen LogP contribution in [0, 0.1) is 11.3 Å². The van der Waals surface area contributed by atoms with Crippen LogP contribution in [0.15, 0.2) is 48.5 Å². The zero-order chi connectivity index (χ0) is 26.1. The Morgan fingerprint density at radius 2 is 1.77 bits per heavy atom. The number of aliphatic carboxylic acids is 1. The van der Waals surface area contributed by atoms with Gasteiger partial charge in [0.1, 0.15) is 0 Å². The Morgan fingerprint density at radius 3 is 2.29 bits per heavy atom. The lowest BCUT2D eigenvalue weighted by atomic mass is 9.66. The second-order valence-corrected chi connectivity index (χ2v) is 11.5. The number of carbonyl (C=O) groups is 2. The van der Waals surface area contributed by atoms with Gasteiger partial charge in [-0.15, -0.1) is 0 Å². The van der Waals surface area contributed by atoms with E-state index in [-0.39, 0.29) is 36.2 Å². The maximum absolute atomic E-state index is 14.2. The number of amides is 1. The van der Waals surface area contributed by atoms with E-state index in [4.69, 9.17) is 23.2 Å². The predicted molar refractivity (Wildman–Crippen MR) is 140 cm³/mol. The van der Waals surface area contributed by atoms with E-state index in [9.17, 15) is 19.8 Å². The quantitative estimate of drug-likeness (QED) is 0.405. The molecule has 190 valence electrons. The summed E-state index contributed by atoms with van der Waals surface area (Å²) < 4.78 is 0. The van der Waals surface area contributed by atoms with Crippen LogP contribution in [-0.4, -0.2) is 38.6 Å². The van der Waals surface area contributed by atoms with E-state index in [1.807, 2.05) is 49.1 Å². The maximum Gasteiger partial charge on any atom is 0.304 e. The van der Waals surface area contributed by atoms with E-state index in [1.54, 1.807) is 39.0 Å². The molecule has 1 amide bonds. The van der Waals surface area contributed by atoms with Crippen LogP contribution in [0.3, 0.4) is 0 Å². The summed E-state index contributed by atoms with van der Waals surface area (Å²) in [5.74, 6) is -1.70. The van der Waals surface area contributed by atoms with Crippen molar-refractivity contribution in [1.82, 2.24) is 4.90 Å². The van der Waals surface area contributed by atoms with Crippen molar-refractivity contribution < 1.29 is 19.8 Å². The van der Waals surface area contributed by atoms with Crippen LogP contribution in [0.5, 0.6) is 0 Å². The Labute approximate surface area is 218 Å². The number of carboxylic acids is 1. The van der Waals surface area contributed by atoms with Gasteiger partial charge in [0.25, 0.3) is 0 Å². The minimum atomic E-state index is -1.12. The topological polar surface area (TPSA) is 77.8 Å². The molecule has 2 N–H and O–H groups in total. The number of aliphatic hydroxyl groups is 1. The van der Waals surface area contributed by atoms with Gasteiger partial charge in [-0.05, 0) is 62.1 Å². The molecule has 0 bridgehead atoms. The fraction of sp³-hybridized carbons (Fsp3) is 0.500. The molecule has 0 saturated carbocycles. The van der Waals surface area contributed by atoms with Gasteiger partial charge in [0.05, 0.1) is 23.5 Å². The SMILES string of the molecule is CCC([C@@H](C)C(C)(C)O)N1C(=O)[C@@](C)(CC(=O)O)CC(c2cccc(Cl)c2)[C@H]1c1ccc(Cl)cc1. The smallest absolute Gasteiger partial charge is 0.304 e. The van der Waals surface area contributed by atoms with Crippen molar-refractivity contribution >= 4 is 35.1 Å². The number of benzene rings is 2. The van der Waals surface area contributed by atoms with Crippen molar-refractivity contribution in [2.24, 2.45) is 11.3 Å². The van der Waals surface area contributed by atoms with Crippen molar-refractivity contribution in [2.45, 2.75) is 77.5 Å². The lowest BCUT2D eigenvalue weighted by Gasteiger charge is -2.54. The lowest BCUT2D eigenvalue weighted by Crippen LogP contribution is -2.59. The van der Waals surface area contributed by atoms with E-state index in [1.165, 1.54) is 0 Å². The van der Waals surface area contributed by atoms with Crippen LogP contribution in [0.2, 0.25) is 10.0 Å². The highest BCUT2D eigenvalue weighted by atomic mass is 35.5. The average molecular weight is 520 g/mol. The molecule has 1 fully saturated rings. The molecule has 0 aliphatic carbocycles. The number of hydrogen-bond donors (Lipinski definition) is 2. The van der Waals surface area contributed by atoms with Crippen LogP contribution in [0.25, 0.3) is 0 Å². The average Bonchev–Trinajstić information content (AvgIpc) is 2.76. The zero-order valence-corrected chi connectivity index (χ0v) is 22.5. The Kier molecular flexibility index (Phi) is 8.25. The summed E-state index contributed by atoms with van der Waals surface area (Å²) in [7, 11) is 0. The van der Waals surface area contributed by atoms with Gasteiger partial charge >= 0.3 is 5.97 Å². The van der Waals surface area contributed by atoms with Gasteiger partial charge in [-0.25, -0.2) is 0 Å². The van der Waals surface area contributed by atoms with Gasteiger partial charge < -0.3 is 15.1 Å². The number of halogens is 2. The van der Waals surface area contributed by atoms with Crippen LogP contribution >= 0.6 is 23.2 Å². The maximum atomic E-state index is 14.2. The Balaban J connectivity index is 2.28. The first-order valence-electron chi connectivity index (χ1n) is 12.1. The van der Waals surface area contributed by atoms with Crippen molar-refractivity contribution in [1.29, 1.82) is 0 Å². The first-order valence-corrected chi connectivity index (χ1v) is 12.8. The van der Waals surface area contributed by atoms with Crippen LogP contribution in [-0.2, 0) is 9.59 Å². The molecule has 35 heavy (non-hydrogen) atoms. The van der Waals surface area contributed by atoms with Crippen LogP contribution in [0.4, 0.5) is 0 Å².